The van der Waals surface area contributed by atoms with Gasteiger partial charge in [0, 0.05) is 12.8 Å². The second-order valence-electron chi connectivity index (χ2n) is 5.82. The second-order valence-corrected chi connectivity index (χ2v) is 5.82. The van der Waals surface area contributed by atoms with Crippen molar-refractivity contribution in [2.24, 2.45) is 17.3 Å². The number of nitriles is 2. The lowest BCUT2D eigenvalue weighted by Gasteiger charge is -2.43. The highest BCUT2D eigenvalue weighted by Crippen LogP contribution is 2.51. The van der Waals surface area contributed by atoms with E-state index in [2.05, 4.69) is 18.2 Å². The molecule has 0 aromatic carbocycles. The molecule has 3 aliphatic rings. The van der Waals surface area contributed by atoms with E-state index >= 15 is 0 Å². The van der Waals surface area contributed by atoms with Crippen LogP contribution in [0, 0.1) is 39.9 Å². The summed E-state index contributed by atoms with van der Waals surface area (Å²) in [6.07, 6.45) is 8.04. The van der Waals surface area contributed by atoms with Crippen molar-refractivity contribution in [3.8, 4) is 12.1 Å². The largest absolute Gasteiger partial charge is 0.348 e. The number of rotatable bonds is 0. The zero-order valence-electron chi connectivity index (χ0n) is 11.0. The molecule has 2 unspecified atom stereocenters. The van der Waals surface area contributed by atoms with Gasteiger partial charge in [-0.15, -0.1) is 0 Å². The molecule has 0 bridgehead atoms. The Labute approximate surface area is 113 Å². The molecule has 1 aliphatic heterocycles. The Bertz CT molecular complexity index is 452. The van der Waals surface area contributed by atoms with Gasteiger partial charge >= 0.3 is 0 Å². The van der Waals surface area contributed by atoms with Crippen molar-refractivity contribution >= 4 is 0 Å². The Hall–Kier alpha value is -1.36. The van der Waals surface area contributed by atoms with Gasteiger partial charge < -0.3 is 9.47 Å². The smallest absolute Gasteiger partial charge is 0.168 e. The molecule has 3 rings (SSSR count). The lowest BCUT2D eigenvalue weighted by atomic mass is 9.62. The Kier molecular flexibility index (Phi) is 3.09. The van der Waals surface area contributed by atoms with Crippen LogP contribution in [-0.4, -0.2) is 19.0 Å². The summed E-state index contributed by atoms with van der Waals surface area (Å²) in [7, 11) is 0. The summed E-state index contributed by atoms with van der Waals surface area (Å²) < 4.78 is 11.6. The van der Waals surface area contributed by atoms with E-state index in [-0.39, 0.29) is 5.92 Å². The van der Waals surface area contributed by atoms with Crippen LogP contribution in [0.15, 0.2) is 12.2 Å². The standard InChI is InChI=1S/C15H18N2O2/c16-10-14(11-17)5-2-1-3-12-9-15(6-4-13(12)14)18-7-8-19-15/h1-2,12-13H,3-9H2. The summed E-state index contributed by atoms with van der Waals surface area (Å²) in [6.45, 7) is 1.32. The van der Waals surface area contributed by atoms with E-state index < -0.39 is 11.2 Å². The Morgan fingerprint density at radius 2 is 1.84 bits per heavy atom. The Morgan fingerprint density at radius 1 is 1.11 bits per heavy atom. The minimum atomic E-state index is -0.863. The van der Waals surface area contributed by atoms with Crippen molar-refractivity contribution in [1.82, 2.24) is 0 Å². The highest BCUT2D eigenvalue weighted by atomic mass is 16.7. The molecule has 0 aromatic rings. The normalized spacial score (nSPS) is 35.1. The fourth-order valence-corrected chi connectivity index (χ4v) is 3.88. The zero-order valence-corrected chi connectivity index (χ0v) is 11.0. The summed E-state index contributed by atoms with van der Waals surface area (Å²) in [6, 6.07) is 4.58. The van der Waals surface area contributed by atoms with Crippen LogP contribution < -0.4 is 0 Å². The van der Waals surface area contributed by atoms with Crippen molar-refractivity contribution in [2.45, 2.75) is 37.9 Å². The SMILES string of the molecule is N#CC1(C#N)CC=CCC2CC3(CCC21)OCCO3. The fourth-order valence-electron chi connectivity index (χ4n) is 3.88. The fraction of sp³-hybridized carbons (Fsp3) is 0.733. The quantitative estimate of drug-likeness (QED) is 0.626. The van der Waals surface area contributed by atoms with Gasteiger partial charge in [0.1, 0.15) is 5.41 Å². The molecule has 0 aromatic heterocycles. The molecule has 1 saturated heterocycles. The number of fused-ring (bicyclic) bond motifs is 1. The van der Waals surface area contributed by atoms with Gasteiger partial charge in [0.2, 0.25) is 0 Å². The summed E-state index contributed by atoms with van der Waals surface area (Å²) in [5, 5.41) is 19.0. The number of ether oxygens (including phenoxy) is 2. The van der Waals surface area contributed by atoms with Gasteiger partial charge in [-0.3, -0.25) is 0 Å². The molecule has 0 N–H and O–H groups in total. The molecule has 4 heteroatoms. The van der Waals surface area contributed by atoms with Crippen LogP contribution in [0.1, 0.15) is 32.1 Å². The molecule has 100 valence electrons. The molecule has 2 fully saturated rings. The highest BCUT2D eigenvalue weighted by molar-refractivity contribution is 5.22. The molecule has 4 nitrogen and oxygen atoms in total. The van der Waals surface area contributed by atoms with E-state index in [1.807, 2.05) is 6.08 Å². The van der Waals surface area contributed by atoms with Gasteiger partial charge in [-0.2, -0.15) is 10.5 Å². The van der Waals surface area contributed by atoms with Crippen LogP contribution in [0.4, 0.5) is 0 Å². The van der Waals surface area contributed by atoms with E-state index in [0.717, 1.165) is 25.7 Å². The first kappa shape index (κ1) is 12.7. The summed E-state index contributed by atoms with van der Waals surface area (Å²) in [5.41, 5.74) is -0.863. The molecule has 2 atom stereocenters. The predicted molar refractivity (Wildman–Crippen MR) is 67.5 cm³/mol. The predicted octanol–water partition coefficient (Wildman–Crippen LogP) is 2.53. The van der Waals surface area contributed by atoms with Gasteiger partial charge in [-0.25, -0.2) is 0 Å². The molecule has 0 radical (unpaired) electrons. The minimum absolute atomic E-state index is 0.135. The lowest BCUT2D eigenvalue weighted by Crippen LogP contribution is -2.44. The second kappa shape index (κ2) is 4.63. The van der Waals surface area contributed by atoms with Gasteiger partial charge in [0.05, 0.1) is 25.4 Å². The van der Waals surface area contributed by atoms with E-state index in [1.165, 1.54) is 0 Å². The van der Waals surface area contributed by atoms with Gasteiger partial charge in [0.25, 0.3) is 0 Å². The molecular formula is C15H18N2O2. The third-order valence-electron chi connectivity index (χ3n) is 4.87. The summed E-state index contributed by atoms with van der Waals surface area (Å²) in [4.78, 5) is 0. The maximum Gasteiger partial charge on any atom is 0.168 e. The van der Waals surface area contributed by atoms with Crippen molar-refractivity contribution in [3.05, 3.63) is 12.2 Å². The first-order chi connectivity index (χ1) is 9.24. The number of hydrogen-bond acceptors (Lipinski definition) is 4. The van der Waals surface area contributed by atoms with Crippen molar-refractivity contribution in [2.75, 3.05) is 13.2 Å². The average Bonchev–Trinajstić information content (AvgIpc) is 2.80. The van der Waals surface area contributed by atoms with Crippen molar-refractivity contribution in [3.63, 3.8) is 0 Å². The van der Waals surface area contributed by atoms with Crippen molar-refractivity contribution < 1.29 is 9.47 Å². The van der Waals surface area contributed by atoms with Gasteiger partial charge in [-0.05, 0) is 31.1 Å². The summed E-state index contributed by atoms with van der Waals surface area (Å²) >= 11 is 0. The van der Waals surface area contributed by atoms with Gasteiger partial charge in [-0.1, -0.05) is 12.2 Å². The van der Waals surface area contributed by atoms with Gasteiger partial charge in [0.15, 0.2) is 5.79 Å². The first-order valence-electron chi connectivity index (χ1n) is 6.99. The topological polar surface area (TPSA) is 66.0 Å². The van der Waals surface area contributed by atoms with E-state index in [4.69, 9.17) is 9.47 Å². The maximum absolute atomic E-state index is 9.49. The van der Waals surface area contributed by atoms with Crippen LogP contribution in [0.5, 0.6) is 0 Å². The number of hydrogen-bond donors (Lipinski definition) is 0. The van der Waals surface area contributed by atoms with E-state index in [0.29, 0.717) is 25.6 Å². The van der Waals surface area contributed by atoms with Crippen LogP contribution in [-0.2, 0) is 9.47 Å². The van der Waals surface area contributed by atoms with Crippen LogP contribution >= 0.6 is 0 Å². The Balaban J connectivity index is 1.88. The number of nitrogens with zero attached hydrogens (tertiary/aromatic N) is 2. The van der Waals surface area contributed by atoms with Crippen LogP contribution in [0.3, 0.4) is 0 Å². The summed E-state index contributed by atoms with van der Waals surface area (Å²) in [5.74, 6) is 0.0107. The van der Waals surface area contributed by atoms with E-state index in [1.54, 1.807) is 0 Å². The maximum atomic E-state index is 9.49. The monoisotopic (exact) mass is 258 g/mol. The Morgan fingerprint density at radius 3 is 2.53 bits per heavy atom. The van der Waals surface area contributed by atoms with Crippen LogP contribution in [0.2, 0.25) is 0 Å². The zero-order chi connectivity index (χ0) is 13.3. The molecule has 19 heavy (non-hydrogen) atoms. The lowest BCUT2D eigenvalue weighted by molar-refractivity contribution is -0.198. The van der Waals surface area contributed by atoms with Crippen LogP contribution in [0.25, 0.3) is 0 Å². The average molecular weight is 258 g/mol. The number of allylic oxidation sites excluding steroid dienone is 2. The third kappa shape index (κ3) is 1.96. The highest BCUT2D eigenvalue weighted by Gasteiger charge is 2.52. The van der Waals surface area contributed by atoms with E-state index in [9.17, 15) is 10.5 Å². The minimum Gasteiger partial charge on any atom is -0.348 e. The molecule has 2 aliphatic carbocycles. The van der Waals surface area contributed by atoms with Crippen molar-refractivity contribution in [1.29, 1.82) is 10.5 Å². The first-order valence-corrected chi connectivity index (χ1v) is 6.99. The third-order valence-corrected chi connectivity index (χ3v) is 4.87. The molecule has 0 amide bonds. The molecule has 1 spiro atoms. The molecular weight excluding hydrogens is 240 g/mol. The molecule has 1 heterocycles. The molecule has 1 saturated carbocycles.